The molecular formula is C64H34F6N6. The standard InChI is InChI=1S/C64H34F6N6/c65-63(66,67)61-57(75-51-29-13-5-21-41(51)42-22-6-14-30-52(42)75)34-58(76-53-31-15-7-23-43(53)44-24-8-16-32-54(44)76)62(64(68,69)70)60(61)59-45(35-71)55(73-47-25-9-1-17-37(47)38-18-2-10-26-48(38)73)33-56(46(59)36-72)74-49-27-11-3-19-39(49)40-20-4-12-28-50(40)74/h1-34H. The van der Waals surface area contributed by atoms with Crippen molar-refractivity contribution in [2.45, 2.75) is 12.4 Å². The number of hydrogen-bond acceptors (Lipinski definition) is 2. The van der Waals surface area contributed by atoms with Crippen LogP contribution in [0.15, 0.2) is 206 Å². The van der Waals surface area contributed by atoms with Crippen molar-refractivity contribution < 1.29 is 26.3 Å². The van der Waals surface area contributed by atoms with E-state index in [1.807, 2.05) is 48.5 Å². The van der Waals surface area contributed by atoms with Gasteiger partial charge in [-0.15, -0.1) is 0 Å². The molecule has 0 fully saturated rings. The van der Waals surface area contributed by atoms with Crippen molar-refractivity contribution in [1.29, 1.82) is 10.5 Å². The van der Waals surface area contributed by atoms with Crippen LogP contribution in [0.2, 0.25) is 0 Å². The Balaban J connectivity index is 1.29. The number of benzene rings is 10. The van der Waals surface area contributed by atoms with Crippen LogP contribution >= 0.6 is 0 Å². The first kappa shape index (κ1) is 44.6. The van der Waals surface area contributed by atoms with Gasteiger partial charge in [0.15, 0.2) is 0 Å². The molecule has 12 heteroatoms. The Kier molecular flexibility index (Phi) is 9.53. The smallest absolute Gasteiger partial charge is 0.309 e. The topological polar surface area (TPSA) is 67.3 Å². The summed E-state index contributed by atoms with van der Waals surface area (Å²) in [6, 6.07) is 63.2. The molecule has 0 atom stereocenters. The van der Waals surface area contributed by atoms with E-state index in [1.165, 1.54) is 9.13 Å². The van der Waals surface area contributed by atoms with Crippen molar-refractivity contribution in [3.63, 3.8) is 0 Å². The molecule has 0 aliphatic heterocycles. The van der Waals surface area contributed by atoms with Crippen LogP contribution in [-0.4, -0.2) is 18.3 Å². The largest absolute Gasteiger partial charge is 0.419 e. The molecule has 0 saturated carbocycles. The van der Waals surface area contributed by atoms with E-state index in [1.54, 1.807) is 161 Å². The molecule has 6 nitrogen and oxygen atoms in total. The fourth-order valence-corrected chi connectivity index (χ4v) is 12.0. The molecule has 4 aromatic heterocycles. The molecule has 0 radical (unpaired) electrons. The van der Waals surface area contributed by atoms with E-state index >= 15 is 26.3 Å². The molecule has 0 amide bonds. The number of nitrogens with zero attached hydrogens (tertiary/aromatic N) is 6. The van der Waals surface area contributed by atoms with Crippen LogP contribution in [0, 0.1) is 22.7 Å². The first-order chi connectivity index (χ1) is 37.0. The molecule has 0 aliphatic rings. The van der Waals surface area contributed by atoms with E-state index in [-0.39, 0.29) is 11.4 Å². The maximum atomic E-state index is 17.4. The summed E-state index contributed by atoms with van der Waals surface area (Å²) in [5.74, 6) is 0. The van der Waals surface area contributed by atoms with Gasteiger partial charge in [0, 0.05) is 54.2 Å². The predicted octanol–water partition coefficient (Wildman–Crippen LogP) is 17.5. The van der Waals surface area contributed by atoms with E-state index in [0.717, 1.165) is 27.6 Å². The van der Waals surface area contributed by atoms with Gasteiger partial charge in [-0.25, -0.2) is 0 Å². The predicted molar refractivity (Wildman–Crippen MR) is 289 cm³/mol. The van der Waals surface area contributed by atoms with Gasteiger partial charge in [0.25, 0.3) is 0 Å². The summed E-state index contributed by atoms with van der Waals surface area (Å²) in [7, 11) is 0. The molecule has 10 aromatic carbocycles. The second kappa shape index (κ2) is 16.2. The molecule has 14 rings (SSSR count). The Morgan fingerprint density at radius 3 is 0.684 bits per heavy atom. The first-order valence-corrected chi connectivity index (χ1v) is 24.3. The van der Waals surface area contributed by atoms with Gasteiger partial charge in [-0.05, 0) is 60.7 Å². The monoisotopic (exact) mass is 1000 g/mol. The van der Waals surface area contributed by atoms with Crippen molar-refractivity contribution in [3.8, 4) is 46.0 Å². The zero-order valence-corrected chi connectivity index (χ0v) is 39.6. The summed E-state index contributed by atoms with van der Waals surface area (Å²) >= 11 is 0. The zero-order valence-electron chi connectivity index (χ0n) is 39.6. The van der Waals surface area contributed by atoms with Gasteiger partial charge >= 0.3 is 12.4 Å². The lowest BCUT2D eigenvalue weighted by molar-refractivity contribution is -0.141. The maximum Gasteiger partial charge on any atom is 0.419 e. The average molecular weight is 1000 g/mol. The van der Waals surface area contributed by atoms with Crippen molar-refractivity contribution in [2.24, 2.45) is 0 Å². The minimum atomic E-state index is -5.58. The van der Waals surface area contributed by atoms with E-state index in [2.05, 4.69) is 12.1 Å². The van der Waals surface area contributed by atoms with E-state index in [4.69, 9.17) is 0 Å². The van der Waals surface area contributed by atoms with Gasteiger partial charge in [0.2, 0.25) is 0 Å². The highest BCUT2D eigenvalue weighted by atomic mass is 19.4. The molecule has 76 heavy (non-hydrogen) atoms. The Morgan fingerprint density at radius 2 is 0.474 bits per heavy atom. The highest BCUT2D eigenvalue weighted by Gasteiger charge is 2.48. The minimum Gasteiger partial charge on any atom is -0.309 e. The summed E-state index contributed by atoms with van der Waals surface area (Å²) < 4.78 is 111. The number of para-hydroxylation sites is 8. The Morgan fingerprint density at radius 1 is 0.276 bits per heavy atom. The quantitative estimate of drug-likeness (QED) is 0.161. The van der Waals surface area contributed by atoms with Crippen molar-refractivity contribution >= 4 is 87.2 Å². The third-order valence-corrected chi connectivity index (χ3v) is 14.9. The molecule has 0 saturated heterocycles. The molecule has 0 bridgehead atoms. The highest BCUT2D eigenvalue weighted by molar-refractivity contribution is 6.14. The Hall–Kier alpha value is -10.0. The molecule has 14 aromatic rings. The lowest BCUT2D eigenvalue weighted by Gasteiger charge is -2.29. The van der Waals surface area contributed by atoms with Gasteiger partial charge in [-0.1, -0.05) is 146 Å². The minimum absolute atomic E-state index is 0.0345. The second-order valence-electron chi connectivity index (χ2n) is 18.8. The second-order valence-corrected chi connectivity index (χ2v) is 18.8. The number of rotatable bonds is 5. The van der Waals surface area contributed by atoms with Crippen molar-refractivity contribution in [3.05, 3.63) is 229 Å². The number of halogens is 6. The van der Waals surface area contributed by atoms with Crippen molar-refractivity contribution in [2.75, 3.05) is 0 Å². The lowest BCUT2D eigenvalue weighted by atomic mass is 9.84. The molecule has 362 valence electrons. The third-order valence-electron chi connectivity index (χ3n) is 14.9. The number of alkyl halides is 6. The van der Waals surface area contributed by atoms with Gasteiger partial charge in [0.05, 0.1) is 89.1 Å². The summed E-state index contributed by atoms with van der Waals surface area (Å²) in [6.45, 7) is 0. The molecule has 4 heterocycles. The van der Waals surface area contributed by atoms with Crippen LogP contribution in [0.3, 0.4) is 0 Å². The van der Waals surface area contributed by atoms with Gasteiger partial charge < -0.3 is 18.3 Å². The zero-order chi connectivity index (χ0) is 51.8. The van der Waals surface area contributed by atoms with Crippen LogP contribution in [0.1, 0.15) is 22.3 Å². The first-order valence-electron chi connectivity index (χ1n) is 24.3. The number of nitriles is 2. The van der Waals surface area contributed by atoms with Gasteiger partial charge in [-0.3, -0.25) is 0 Å². The van der Waals surface area contributed by atoms with E-state index < -0.39 is 57.1 Å². The van der Waals surface area contributed by atoms with Crippen LogP contribution < -0.4 is 0 Å². The fourth-order valence-electron chi connectivity index (χ4n) is 12.0. The van der Waals surface area contributed by atoms with Crippen LogP contribution in [0.5, 0.6) is 0 Å². The number of fused-ring (bicyclic) bond motifs is 12. The molecule has 0 unspecified atom stereocenters. The van der Waals surface area contributed by atoms with Crippen molar-refractivity contribution in [1.82, 2.24) is 18.3 Å². The molecular weight excluding hydrogens is 967 g/mol. The summed E-state index contributed by atoms with van der Waals surface area (Å²) in [5.41, 5.74) is -4.78. The number of hydrogen-bond donors (Lipinski definition) is 0. The summed E-state index contributed by atoms with van der Waals surface area (Å²) in [6.07, 6.45) is -11.2. The van der Waals surface area contributed by atoms with E-state index in [9.17, 15) is 10.5 Å². The summed E-state index contributed by atoms with van der Waals surface area (Å²) in [5, 5.41) is 28.9. The third kappa shape index (κ3) is 6.22. The highest BCUT2D eigenvalue weighted by Crippen LogP contribution is 2.55. The van der Waals surface area contributed by atoms with Crippen LogP contribution in [-0.2, 0) is 12.4 Å². The normalized spacial score (nSPS) is 12.3. The average Bonchev–Trinajstić information content (AvgIpc) is 4.33. The maximum absolute atomic E-state index is 17.4. The van der Waals surface area contributed by atoms with Crippen LogP contribution in [0.4, 0.5) is 26.3 Å². The van der Waals surface area contributed by atoms with Crippen LogP contribution in [0.25, 0.3) is 121 Å². The Labute approximate surface area is 427 Å². The van der Waals surface area contributed by atoms with Gasteiger partial charge in [0.1, 0.15) is 12.1 Å². The number of aromatic nitrogens is 4. The molecule has 0 aliphatic carbocycles. The summed E-state index contributed by atoms with van der Waals surface area (Å²) in [4.78, 5) is 0. The molecule has 0 N–H and O–H groups in total. The Bertz CT molecular complexity index is 4380. The fraction of sp³-hybridized carbons (Fsp3) is 0.0312. The lowest BCUT2D eigenvalue weighted by Crippen LogP contribution is -2.22. The van der Waals surface area contributed by atoms with E-state index in [0.29, 0.717) is 65.7 Å². The molecule has 0 spiro atoms. The van der Waals surface area contributed by atoms with Gasteiger partial charge in [-0.2, -0.15) is 36.9 Å². The SMILES string of the molecule is N#Cc1c(-n2c3ccccc3c3ccccc32)cc(-n2c3ccccc3c3ccccc32)c(C#N)c1-c1c(C(F)(F)F)c(-n2c3ccccc3c3ccccc32)cc(-n2c3ccccc3c3ccccc32)c1C(F)(F)F.